The summed E-state index contributed by atoms with van der Waals surface area (Å²) in [7, 11) is -1.68. The third-order valence-corrected chi connectivity index (χ3v) is 6.14. The summed E-state index contributed by atoms with van der Waals surface area (Å²) in [5, 5.41) is 7.03. The predicted molar refractivity (Wildman–Crippen MR) is 90.1 cm³/mol. The van der Waals surface area contributed by atoms with Crippen molar-refractivity contribution in [2.75, 3.05) is 13.6 Å². The zero-order valence-electron chi connectivity index (χ0n) is 11.6. The van der Waals surface area contributed by atoms with E-state index in [-0.39, 0.29) is 4.90 Å². The molecule has 0 aliphatic heterocycles. The Labute approximate surface area is 137 Å². The van der Waals surface area contributed by atoms with Gasteiger partial charge in [0.1, 0.15) is 0 Å². The van der Waals surface area contributed by atoms with E-state index in [9.17, 15) is 8.42 Å². The van der Waals surface area contributed by atoms with E-state index >= 15 is 0 Å². The molecule has 0 saturated heterocycles. The van der Waals surface area contributed by atoms with Crippen LogP contribution in [0.25, 0.3) is 0 Å². The minimum absolute atomic E-state index is 0.278. The molecule has 0 bridgehead atoms. The van der Waals surface area contributed by atoms with Crippen molar-refractivity contribution in [1.82, 2.24) is 10.0 Å². The van der Waals surface area contributed by atoms with Gasteiger partial charge >= 0.3 is 0 Å². The maximum atomic E-state index is 12.4. The molecule has 0 fully saturated rings. The fourth-order valence-corrected chi connectivity index (χ4v) is 4.66. The van der Waals surface area contributed by atoms with Gasteiger partial charge in [-0.15, -0.1) is 0 Å². The number of thiophene rings is 1. The molecule has 0 atom stereocenters. The number of halogens is 1. The van der Waals surface area contributed by atoms with Gasteiger partial charge < -0.3 is 5.32 Å². The van der Waals surface area contributed by atoms with Gasteiger partial charge in [0, 0.05) is 17.6 Å². The predicted octanol–water partition coefficient (Wildman–Crippen LogP) is 2.75. The summed E-state index contributed by atoms with van der Waals surface area (Å²) in [6.45, 7) is 1.02. The molecule has 1 aromatic heterocycles. The van der Waals surface area contributed by atoms with Crippen LogP contribution in [0.15, 0.2) is 44.4 Å². The van der Waals surface area contributed by atoms with Crippen molar-refractivity contribution in [3.8, 4) is 0 Å². The molecule has 2 N–H and O–H groups in total. The Morgan fingerprint density at radius 3 is 2.71 bits per heavy atom. The van der Waals surface area contributed by atoms with Gasteiger partial charge in [0.15, 0.2) is 0 Å². The second kappa shape index (κ2) is 7.51. The van der Waals surface area contributed by atoms with Crippen LogP contribution in [0.3, 0.4) is 0 Å². The number of hydrogen-bond acceptors (Lipinski definition) is 4. The van der Waals surface area contributed by atoms with Crippen LogP contribution in [-0.2, 0) is 23.0 Å². The second-order valence-electron chi connectivity index (χ2n) is 4.57. The normalized spacial score (nSPS) is 11.7. The van der Waals surface area contributed by atoms with Crippen LogP contribution in [0.4, 0.5) is 0 Å². The summed E-state index contributed by atoms with van der Waals surface area (Å²) >= 11 is 4.92. The number of hydrogen-bond donors (Lipinski definition) is 2. The fraction of sp³-hybridized carbons (Fsp3) is 0.286. The van der Waals surface area contributed by atoms with E-state index in [1.54, 1.807) is 23.5 Å². The van der Waals surface area contributed by atoms with Gasteiger partial charge in [-0.1, -0.05) is 6.07 Å². The maximum Gasteiger partial charge on any atom is 0.241 e. The van der Waals surface area contributed by atoms with Crippen molar-refractivity contribution in [3.63, 3.8) is 0 Å². The van der Waals surface area contributed by atoms with Crippen LogP contribution >= 0.6 is 27.3 Å². The van der Waals surface area contributed by atoms with Crippen LogP contribution in [0.2, 0.25) is 0 Å². The Balaban J connectivity index is 2.09. The van der Waals surface area contributed by atoms with E-state index in [4.69, 9.17) is 0 Å². The summed E-state index contributed by atoms with van der Waals surface area (Å²) in [6, 6.07) is 7.35. The van der Waals surface area contributed by atoms with Crippen molar-refractivity contribution in [1.29, 1.82) is 0 Å². The summed E-state index contributed by atoms with van der Waals surface area (Å²) in [5.74, 6) is 0. The monoisotopic (exact) mass is 388 g/mol. The zero-order valence-corrected chi connectivity index (χ0v) is 14.8. The highest BCUT2D eigenvalue weighted by atomic mass is 79.9. The maximum absolute atomic E-state index is 12.4. The minimum atomic E-state index is -3.51. The van der Waals surface area contributed by atoms with Gasteiger partial charge in [0.25, 0.3) is 0 Å². The SMILES string of the molecule is CNCc1ccc(Br)c(S(=O)(=O)NCCc2ccsc2)c1. The highest BCUT2D eigenvalue weighted by Crippen LogP contribution is 2.23. The number of benzene rings is 1. The first-order valence-corrected chi connectivity index (χ1v) is 9.68. The van der Waals surface area contributed by atoms with E-state index < -0.39 is 10.0 Å². The van der Waals surface area contributed by atoms with Gasteiger partial charge in [-0.3, -0.25) is 0 Å². The largest absolute Gasteiger partial charge is 0.316 e. The smallest absolute Gasteiger partial charge is 0.241 e. The lowest BCUT2D eigenvalue weighted by Crippen LogP contribution is -2.26. The second-order valence-corrected chi connectivity index (χ2v) is 7.94. The molecule has 0 aliphatic rings. The summed E-state index contributed by atoms with van der Waals surface area (Å²) < 4.78 is 28.0. The molecule has 0 saturated carbocycles. The average molecular weight is 389 g/mol. The van der Waals surface area contributed by atoms with Crippen molar-refractivity contribution >= 4 is 37.3 Å². The Morgan fingerprint density at radius 2 is 2.05 bits per heavy atom. The molecule has 7 heteroatoms. The Bertz CT molecular complexity index is 685. The molecule has 1 heterocycles. The molecule has 114 valence electrons. The van der Waals surface area contributed by atoms with Crippen LogP contribution in [-0.4, -0.2) is 22.0 Å². The quantitative estimate of drug-likeness (QED) is 0.766. The average Bonchev–Trinajstić information content (AvgIpc) is 2.94. The summed E-state index contributed by atoms with van der Waals surface area (Å²) in [5.41, 5.74) is 2.07. The first-order chi connectivity index (χ1) is 10.0. The highest BCUT2D eigenvalue weighted by molar-refractivity contribution is 9.10. The molecule has 0 unspecified atom stereocenters. The third kappa shape index (κ3) is 4.62. The molecule has 4 nitrogen and oxygen atoms in total. The van der Waals surface area contributed by atoms with Crippen molar-refractivity contribution in [2.45, 2.75) is 17.9 Å². The molecule has 0 radical (unpaired) electrons. The van der Waals surface area contributed by atoms with Crippen LogP contribution in [0.5, 0.6) is 0 Å². The first-order valence-electron chi connectivity index (χ1n) is 6.46. The summed E-state index contributed by atoms with van der Waals surface area (Å²) in [4.78, 5) is 0.278. The van der Waals surface area contributed by atoms with E-state index in [1.807, 2.05) is 29.9 Å². The highest BCUT2D eigenvalue weighted by Gasteiger charge is 2.17. The molecular weight excluding hydrogens is 372 g/mol. The van der Waals surface area contributed by atoms with Gasteiger partial charge in [0.2, 0.25) is 10.0 Å². The van der Waals surface area contributed by atoms with Crippen molar-refractivity contribution < 1.29 is 8.42 Å². The van der Waals surface area contributed by atoms with Gasteiger partial charge in [-0.2, -0.15) is 11.3 Å². The van der Waals surface area contributed by atoms with E-state index in [2.05, 4.69) is 26.0 Å². The van der Waals surface area contributed by atoms with Gasteiger partial charge in [-0.25, -0.2) is 13.1 Å². The van der Waals surface area contributed by atoms with Crippen molar-refractivity contribution in [2.24, 2.45) is 0 Å². The van der Waals surface area contributed by atoms with E-state index in [1.165, 1.54) is 0 Å². The van der Waals surface area contributed by atoms with Crippen LogP contribution in [0.1, 0.15) is 11.1 Å². The lowest BCUT2D eigenvalue weighted by atomic mass is 10.2. The topological polar surface area (TPSA) is 58.2 Å². The van der Waals surface area contributed by atoms with Crippen LogP contribution < -0.4 is 10.0 Å². The molecule has 2 aromatic rings. The van der Waals surface area contributed by atoms with E-state index in [0.29, 0.717) is 24.0 Å². The molecule has 0 aliphatic carbocycles. The Morgan fingerprint density at radius 1 is 1.24 bits per heavy atom. The standard InChI is InChI=1S/C14H17BrN2O2S2/c1-16-9-12-2-3-13(15)14(8-12)21(18,19)17-6-4-11-5-7-20-10-11/h2-3,5,7-8,10,16-17H,4,6,9H2,1H3. The van der Waals surface area contributed by atoms with Crippen LogP contribution in [0, 0.1) is 0 Å². The molecular formula is C14H17BrN2O2S2. The fourth-order valence-electron chi connectivity index (χ4n) is 1.91. The Hall–Kier alpha value is -0.730. The first kappa shape index (κ1) is 16.6. The zero-order chi connectivity index (χ0) is 15.3. The summed E-state index contributed by atoms with van der Waals surface area (Å²) in [6.07, 6.45) is 0.691. The molecule has 0 amide bonds. The molecule has 2 rings (SSSR count). The molecule has 0 spiro atoms. The Kier molecular flexibility index (Phi) is 5.95. The third-order valence-electron chi connectivity index (χ3n) is 2.95. The van der Waals surface area contributed by atoms with Crippen molar-refractivity contribution in [3.05, 3.63) is 50.6 Å². The van der Waals surface area contributed by atoms with Gasteiger partial charge in [0.05, 0.1) is 4.90 Å². The lowest BCUT2D eigenvalue weighted by Gasteiger charge is -2.10. The van der Waals surface area contributed by atoms with Gasteiger partial charge in [-0.05, 0) is 69.5 Å². The number of nitrogens with one attached hydrogen (secondary N) is 2. The number of rotatable bonds is 7. The minimum Gasteiger partial charge on any atom is -0.316 e. The molecule has 21 heavy (non-hydrogen) atoms. The number of sulfonamides is 1. The van der Waals surface area contributed by atoms with E-state index in [0.717, 1.165) is 11.1 Å². The lowest BCUT2D eigenvalue weighted by molar-refractivity contribution is 0.581. The molecule has 1 aromatic carbocycles.